The molecule has 0 fully saturated rings. The van der Waals surface area contributed by atoms with E-state index in [-0.39, 0.29) is 11.9 Å². The minimum absolute atomic E-state index is 0.120. The zero-order valence-electron chi connectivity index (χ0n) is 12.6. The molecule has 0 saturated carbocycles. The molecule has 3 aromatic heterocycles. The lowest BCUT2D eigenvalue weighted by Crippen LogP contribution is -2.37. The molecule has 0 aliphatic rings. The molecule has 7 heteroatoms. The van der Waals surface area contributed by atoms with Gasteiger partial charge in [0.1, 0.15) is 11.6 Å². The Labute approximate surface area is 140 Å². The Morgan fingerprint density at radius 2 is 2.09 bits per heavy atom. The SMILES string of the molecule is CC(C)N(C(=O)c1ccn2ncc(Br)c2c1)c1ccc(F)cn1. The Morgan fingerprint density at radius 1 is 1.30 bits per heavy atom. The van der Waals surface area contributed by atoms with Gasteiger partial charge in [0.15, 0.2) is 0 Å². The summed E-state index contributed by atoms with van der Waals surface area (Å²) in [6, 6.07) is 6.14. The summed E-state index contributed by atoms with van der Waals surface area (Å²) in [7, 11) is 0. The van der Waals surface area contributed by atoms with Crippen LogP contribution in [0.4, 0.5) is 10.2 Å². The van der Waals surface area contributed by atoms with Crippen molar-refractivity contribution in [1.29, 1.82) is 0 Å². The van der Waals surface area contributed by atoms with Crippen LogP contribution in [0, 0.1) is 5.82 Å². The lowest BCUT2D eigenvalue weighted by atomic mass is 10.2. The largest absolute Gasteiger partial charge is 0.290 e. The second-order valence-corrected chi connectivity index (χ2v) is 6.20. The summed E-state index contributed by atoms with van der Waals surface area (Å²) >= 11 is 3.41. The first-order chi connectivity index (χ1) is 11.0. The van der Waals surface area contributed by atoms with Crippen LogP contribution in [0.1, 0.15) is 24.2 Å². The van der Waals surface area contributed by atoms with Crippen molar-refractivity contribution in [2.45, 2.75) is 19.9 Å². The van der Waals surface area contributed by atoms with Crippen LogP contribution in [0.15, 0.2) is 47.3 Å². The fourth-order valence-electron chi connectivity index (χ4n) is 2.34. The van der Waals surface area contributed by atoms with E-state index in [4.69, 9.17) is 0 Å². The Morgan fingerprint density at radius 3 is 2.74 bits per heavy atom. The van der Waals surface area contributed by atoms with Crippen molar-refractivity contribution in [3.05, 3.63) is 58.7 Å². The van der Waals surface area contributed by atoms with Gasteiger partial charge in [-0.05, 0) is 54.0 Å². The number of aromatic nitrogens is 3. The smallest absolute Gasteiger partial charge is 0.259 e. The van der Waals surface area contributed by atoms with E-state index >= 15 is 0 Å². The van der Waals surface area contributed by atoms with Crippen LogP contribution in [0.2, 0.25) is 0 Å². The topological polar surface area (TPSA) is 50.5 Å². The molecule has 0 aliphatic heterocycles. The van der Waals surface area contributed by atoms with E-state index in [9.17, 15) is 9.18 Å². The van der Waals surface area contributed by atoms with Crippen molar-refractivity contribution in [2.24, 2.45) is 0 Å². The predicted molar refractivity (Wildman–Crippen MR) is 89.0 cm³/mol. The third-order valence-corrected chi connectivity index (χ3v) is 4.03. The number of carbonyl (C=O) groups is 1. The van der Waals surface area contributed by atoms with Crippen LogP contribution in [0.3, 0.4) is 0 Å². The lowest BCUT2D eigenvalue weighted by molar-refractivity contribution is 0.0979. The summed E-state index contributed by atoms with van der Waals surface area (Å²) in [4.78, 5) is 18.5. The first-order valence-electron chi connectivity index (χ1n) is 7.05. The molecule has 0 saturated heterocycles. The fraction of sp³-hybridized carbons (Fsp3) is 0.188. The molecule has 0 unspecified atom stereocenters. The molecule has 3 heterocycles. The predicted octanol–water partition coefficient (Wildman–Crippen LogP) is 3.69. The minimum atomic E-state index is -0.436. The molecule has 5 nitrogen and oxygen atoms in total. The number of anilines is 1. The van der Waals surface area contributed by atoms with Gasteiger partial charge in [-0.15, -0.1) is 0 Å². The molecule has 1 amide bonds. The van der Waals surface area contributed by atoms with Gasteiger partial charge in [0.05, 0.1) is 22.4 Å². The number of pyridine rings is 2. The second kappa shape index (κ2) is 6.08. The van der Waals surface area contributed by atoms with Gasteiger partial charge in [-0.1, -0.05) is 0 Å². The first kappa shape index (κ1) is 15.6. The zero-order valence-corrected chi connectivity index (χ0v) is 14.2. The fourth-order valence-corrected chi connectivity index (χ4v) is 2.72. The highest BCUT2D eigenvalue weighted by Gasteiger charge is 2.22. The molecule has 0 spiro atoms. The maximum Gasteiger partial charge on any atom is 0.259 e. The Hall–Kier alpha value is -2.28. The number of carbonyl (C=O) groups excluding carboxylic acids is 1. The van der Waals surface area contributed by atoms with Crippen molar-refractivity contribution < 1.29 is 9.18 Å². The van der Waals surface area contributed by atoms with Crippen molar-refractivity contribution in [3.8, 4) is 0 Å². The highest BCUT2D eigenvalue weighted by atomic mass is 79.9. The van der Waals surface area contributed by atoms with Crippen LogP contribution in [0.25, 0.3) is 5.52 Å². The molecule has 0 aliphatic carbocycles. The number of amides is 1. The van der Waals surface area contributed by atoms with Crippen LogP contribution in [-0.2, 0) is 0 Å². The summed E-state index contributed by atoms with van der Waals surface area (Å²) in [5.74, 6) is -0.219. The van der Waals surface area contributed by atoms with Crippen molar-refractivity contribution in [3.63, 3.8) is 0 Å². The van der Waals surface area contributed by atoms with E-state index in [1.807, 2.05) is 13.8 Å². The molecule has 0 N–H and O–H groups in total. The van der Waals surface area contributed by atoms with Gasteiger partial charge in [-0.2, -0.15) is 5.10 Å². The summed E-state index contributed by atoms with van der Waals surface area (Å²) in [6.07, 6.45) is 4.50. The van der Waals surface area contributed by atoms with E-state index in [0.29, 0.717) is 11.4 Å². The van der Waals surface area contributed by atoms with Crippen LogP contribution in [-0.4, -0.2) is 26.5 Å². The number of rotatable bonds is 3. The summed E-state index contributed by atoms with van der Waals surface area (Å²) < 4.78 is 15.6. The summed E-state index contributed by atoms with van der Waals surface area (Å²) in [5, 5.41) is 4.16. The molecule has 3 rings (SSSR count). The molecule has 118 valence electrons. The highest BCUT2D eigenvalue weighted by molar-refractivity contribution is 9.10. The molecule has 0 radical (unpaired) electrons. The second-order valence-electron chi connectivity index (χ2n) is 5.34. The van der Waals surface area contributed by atoms with Gasteiger partial charge in [0.25, 0.3) is 5.91 Å². The van der Waals surface area contributed by atoms with Gasteiger partial charge in [-0.3, -0.25) is 9.69 Å². The first-order valence-corrected chi connectivity index (χ1v) is 7.84. The molecular formula is C16H14BrFN4O. The number of hydrogen-bond donors (Lipinski definition) is 0. The van der Waals surface area contributed by atoms with E-state index in [1.54, 1.807) is 29.0 Å². The van der Waals surface area contributed by atoms with E-state index in [1.165, 1.54) is 17.0 Å². The standard InChI is InChI=1S/C16H14BrFN4O/c1-10(2)22(15-4-3-12(18)8-19-15)16(23)11-5-6-21-14(7-11)13(17)9-20-21/h3-10H,1-2H3. The normalized spacial score (nSPS) is 11.2. The van der Waals surface area contributed by atoms with Gasteiger partial charge in [-0.25, -0.2) is 13.9 Å². The number of halogens is 2. The van der Waals surface area contributed by atoms with E-state index in [0.717, 1.165) is 16.2 Å². The minimum Gasteiger partial charge on any atom is -0.290 e. The van der Waals surface area contributed by atoms with Gasteiger partial charge >= 0.3 is 0 Å². The molecule has 0 bridgehead atoms. The number of fused-ring (bicyclic) bond motifs is 1. The highest BCUT2D eigenvalue weighted by Crippen LogP contribution is 2.22. The molecule has 0 atom stereocenters. The average Bonchev–Trinajstić information content (AvgIpc) is 2.90. The molecular weight excluding hydrogens is 363 g/mol. The van der Waals surface area contributed by atoms with E-state index < -0.39 is 5.82 Å². The molecule has 3 aromatic rings. The average molecular weight is 377 g/mol. The number of hydrogen-bond acceptors (Lipinski definition) is 3. The van der Waals surface area contributed by atoms with Crippen LogP contribution < -0.4 is 4.90 Å². The molecule has 23 heavy (non-hydrogen) atoms. The quantitative estimate of drug-likeness (QED) is 0.700. The third kappa shape index (κ3) is 2.96. The van der Waals surface area contributed by atoms with Crippen LogP contribution in [0.5, 0.6) is 0 Å². The number of nitrogens with zero attached hydrogens (tertiary/aromatic N) is 4. The zero-order chi connectivity index (χ0) is 16.6. The van der Waals surface area contributed by atoms with Gasteiger partial charge in [0.2, 0.25) is 0 Å². The monoisotopic (exact) mass is 376 g/mol. The van der Waals surface area contributed by atoms with Crippen molar-refractivity contribution in [2.75, 3.05) is 4.90 Å². The Bertz CT molecular complexity index is 860. The van der Waals surface area contributed by atoms with Gasteiger partial charge in [0, 0.05) is 17.8 Å². The van der Waals surface area contributed by atoms with E-state index in [2.05, 4.69) is 26.0 Å². The lowest BCUT2D eigenvalue weighted by Gasteiger charge is -2.25. The summed E-state index contributed by atoms with van der Waals surface area (Å²) in [5.41, 5.74) is 1.31. The summed E-state index contributed by atoms with van der Waals surface area (Å²) in [6.45, 7) is 3.77. The van der Waals surface area contributed by atoms with Gasteiger partial charge < -0.3 is 0 Å². The van der Waals surface area contributed by atoms with Crippen molar-refractivity contribution in [1.82, 2.24) is 14.6 Å². The maximum atomic E-state index is 13.1. The third-order valence-electron chi connectivity index (χ3n) is 3.42. The van der Waals surface area contributed by atoms with Crippen molar-refractivity contribution >= 4 is 33.2 Å². The Balaban J connectivity index is 2.02. The molecule has 0 aromatic carbocycles. The Kier molecular flexibility index (Phi) is 4.12. The van der Waals surface area contributed by atoms with Crippen LogP contribution >= 0.6 is 15.9 Å². The maximum absolute atomic E-state index is 13.1.